The van der Waals surface area contributed by atoms with E-state index >= 15 is 0 Å². The van der Waals surface area contributed by atoms with Crippen molar-refractivity contribution >= 4 is 17.4 Å². The van der Waals surface area contributed by atoms with Crippen LogP contribution in [-0.4, -0.2) is 29.5 Å². The van der Waals surface area contributed by atoms with Crippen molar-refractivity contribution in [2.45, 2.75) is 38.0 Å². The van der Waals surface area contributed by atoms with E-state index in [-0.39, 0.29) is 5.69 Å². The Morgan fingerprint density at radius 3 is 2.88 bits per heavy atom. The van der Waals surface area contributed by atoms with Gasteiger partial charge in [-0.1, -0.05) is 23.9 Å². The minimum Gasteiger partial charge on any atom is -0.486 e. The lowest BCUT2D eigenvalue weighted by Crippen LogP contribution is -2.07. The third-order valence-electron chi connectivity index (χ3n) is 3.62. The van der Waals surface area contributed by atoms with Gasteiger partial charge >= 0.3 is 5.69 Å². The van der Waals surface area contributed by atoms with Crippen LogP contribution in [0.3, 0.4) is 0 Å². The van der Waals surface area contributed by atoms with Crippen molar-refractivity contribution in [1.29, 1.82) is 0 Å². The van der Waals surface area contributed by atoms with Crippen LogP contribution >= 0.6 is 11.8 Å². The Hall–Kier alpha value is -2.88. The fraction of sp³-hybridized carbons (Fsp3) is 0.312. The second kappa shape index (κ2) is 8.00. The lowest BCUT2D eigenvalue weighted by atomic mass is 10.2. The molecule has 0 atom stereocenters. The van der Waals surface area contributed by atoms with Gasteiger partial charge in [0, 0.05) is 6.54 Å². The molecular formula is C16H18N6O3S. The first-order valence-corrected chi connectivity index (χ1v) is 8.96. The van der Waals surface area contributed by atoms with E-state index < -0.39 is 4.92 Å². The van der Waals surface area contributed by atoms with Crippen LogP contribution in [0.5, 0.6) is 5.75 Å². The third kappa shape index (κ3) is 4.20. The number of aryl methyl sites for hydroxylation is 1. The average Bonchev–Trinajstić information content (AvgIpc) is 3.24. The number of benzene rings is 1. The van der Waals surface area contributed by atoms with E-state index in [1.165, 1.54) is 28.8 Å². The number of nitro groups is 1. The summed E-state index contributed by atoms with van der Waals surface area (Å²) in [7, 11) is 0. The first-order valence-electron chi connectivity index (χ1n) is 7.98. The second-order valence-corrected chi connectivity index (χ2v) is 6.43. The highest BCUT2D eigenvalue weighted by atomic mass is 32.2. The smallest absolute Gasteiger partial charge is 0.307 e. The second-order valence-electron chi connectivity index (χ2n) is 5.52. The Labute approximate surface area is 154 Å². The molecule has 2 heterocycles. The van der Waals surface area contributed by atoms with E-state index in [4.69, 9.17) is 4.74 Å². The number of nitrogens with zero attached hydrogens (tertiary/aromatic N) is 6. The van der Waals surface area contributed by atoms with Crippen molar-refractivity contribution in [3.05, 3.63) is 58.2 Å². The molecule has 3 aromatic rings. The van der Waals surface area contributed by atoms with E-state index in [9.17, 15) is 10.1 Å². The number of thioether (sulfide) groups is 1. The standard InChI is InChI=1S/C16H18N6O3S/c1-3-21-15(10-25-14-6-4-5-12(2)7-14)18-19-16(21)26-11-20-9-13(8-17-20)22(23)24/h4-9H,3,10-11H2,1-2H3. The van der Waals surface area contributed by atoms with Gasteiger partial charge in [-0.25, -0.2) is 0 Å². The number of hydrogen-bond donors (Lipinski definition) is 0. The molecule has 10 heteroatoms. The summed E-state index contributed by atoms with van der Waals surface area (Å²) in [5, 5.41) is 23.8. The highest BCUT2D eigenvalue weighted by Gasteiger charge is 2.14. The number of rotatable bonds is 8. The minimum absolute atomic E-state index is 0.0326. The Morgan fingerprint density at radius 2 is 2.19 bits per heavy atom. The van der Waals surface area contributed by atoms with Gasteiger partial charge in [0.15, 0.2) is 11.0 Å². The number of ether oxygens (including phenoxy) is 1. The first kappa shape index (κ1) is 17.9. The molecule has 2 aromatic heterocycles. The molecule has 0 N–H and O–H groups in total. The van der Waals surface area contributed by atoms with E-state index in [1.807, 2.05) is 42.7 Å². The van der Waals surface area contributed by atoms with Gasteiger partial charge in [-0.15, -0.1) is 10.2 Å². The summed E-state index contributed by atoms with van der Waals surface area (Å²) < 4.78 is 9.25. The van der Waals surface area contributed by atoms with Crippen molar-refractivity contribution in [1.82, 2.24) is 24.5 Å². The molecule has 136 valence electrons. The Morgan fingerprint density at radius 1 is 1.35 bits per heavy atom. The third-order valence-corrected chi connectivity index (χ3v) is 4.58. The number of hydrogen-bond acceptors (Lipinski definition) is 7. The van der Waals surface area contributed by atoms with E-state index in [1.54, 1.807) is 0 Å². The monoisotopic (exact) mass is 374 g/mol. The lowest BCUT2D eigenvalue weighted by Gasteiger charge is -2.09. The quantitative estimate of drug-likeness (QED) is 0.339. The topological polar surface area (TPSA) is 101 Å². The molecule has 26 heavy (non-hydrogen) atoms. The zero-order valence-corrected chi connectivity index (χ0v) is 15.2. The largest absolute Gasteiger partial charge is 0.486 e. The maximum absolute atomic E-state index is 10.7. The lowest BCUT2D eigenvalue weighted by molar-refractivity contribution is -0.385. The van der Waals surface area contributed by atoms with Gasteiger partial charge < -0.3 is 9.30 Å². The zero-order valence-electron chi connectivity index (χ0n) is 14.4. The van der Waals surface area contributed by atoms with Crippen LogP contribution in [0.4, 0.5) is 5.69 Å². The van der Waals surface area contributed by atoms with Gasteiger partial charge in [-0.05, 0) is 31.5 Å². The summed E-state index contributed by atoms with van der Waals surface area (Å²) in [6, 6.07) is 7.82. The molecule has 0 saturated heterocycles. The predicted octanol–water partition coefficient (Wildman–Crippen LogP) is 3.04. The Balaban J connectivity index is 1.64. The molecule has 0 aliphatic rings. The molecule has 0 unspecified atom stereocenters. The molecule has 0 aliphatic heterocycles. The molecule has 0 radical (unpaired) electrons. The van der Waals surface area contributed by atoms with Crippen molar-refractivity contribution < 1.29 is 9.66 Å². The van der Waals surface area contributed by atoms with Crippen molar-refractivity contribution in [2.24, 2.45) is 0 Å². The van der Waals surface area contributed by atoms with Crippen LogP contribution in [0.1, 0.15) is 18.3 Å². The summed E-state index contributed by atoms with van der Waals surface area (Å²) in [5.41, 5.74) is 1.10. The van der Waals surface area contributed by atoms with E-state index in [2.05, 4.69) is 15.3 Å². The molecule has 9 nitrogen and oxygen atoms in total. The maximum atomic E-state index is 10.7. The molecule has 0 saturated carbocycles. The van der Waals surface area contributed by atoms with E-state index in [0.717, 1.165) is 17.1 Å². The fourth-order valence-corrected chi connectivity index (χ4v) is 3.22. The van der Waals surface area contributed by atoms with Crippen molar-refractivity contribution in [2.75, 3.05) is 0 Å². The summed E-state index contributed by atoms with van der Waals surface area (Å²) in [4.78, 5) is 10.2. The molecule has 1 aromatic carbocycles. The van der Waals surface area contributed by atoms with Gasteiger partial charge in [0.1, 0.15) is 24.8 Å². The fourth-order valence-electron chi connectivity index (χ4n) is 2.34. The van der Waals surface area contributed by atoms with Crippen LogP contribution in [0, 0.1) is 17.0 Å². The molecule has 0 fully saturated rings. The zero-order chi connectivity index (χ0) is 18.5. The maximum Gasteiger partial charge on any atom is 0.307 e. The summed E-state index contributed by atoms with van der Waals surface area (Å²) in [6.45, 7) is 5.03. The first-order chi connectivity index (χ1) is 12.6. The molecule has 0 amide bonds. The van der Waals surface area contributed by atoms with Crippen LogP contribution in [0.2, 0.25) is 0 Å². The Kier molecular flexibility index (Phi) is 5.52. The van der Waals surface area contributed by atoms with Crippen molar-refractivity contribution in [3.8, 4) is 5.75 Å². The molecule has 3 rings (SSSR count). The predicted molar refractivity (Wildman–Crippen MR) is 95.9 cm³/mol. The highest BCUT2D eigenvalue weighted by molar-refractivity contribution is 7.98. The van der Waals surface area contributed by atoms with Crippen LogP contribution in [0.25, 0.3) is 0 Å². The summed E-state index contributed by atoms with van der Waals surface area (Å²) in [6.07, 6.45) is 2.62. The van der Waals surface area contributed by atoms with E-state index in [0.29, 0.717) is 24.2 Å². The molecule has 0 aliphatic carbocycles. The van der Waals surface area contributed by atoms with Gasteiger partial charge in [0.05, 0.1) is 10.8 Å². The molecular weight excluding hydrogens is 356 g/mol. The SMILES string of the molecule is CCn1c(COc2cccc(C)c2)nnc1SCn1cc([N+](=O)[O-])cn1. The number of aromatic nitrogens is 5. The van der Waals surface area contributed by atoms with Crippen LogP contribution in [0.15, 0.2) is 41.8 Å². The Bertz CT molecular complexity index is 907. The van der Waals surface area contributed by atoms with Gasteiger partial charge in [0.2, 0.25) is 0 Å². The molecule has 0 bridgehead atoms. The normalized spacial score (nSPS) is 10.8. The highest BCUT2D eigenvalue weighted by Crippen LogP contribution is 2.21. The van der Waals surface area contributed by atoms with Crippen molar-refractivity contribution in [3.63, 3.8) is 0 Å². The van der Waals surface area contributed by atoms with Gasteiger partial charge in [-0.3, -0.25) is 14.8 Å². The summed E-state index contributed by atoms with van der Waals surface area (Å²) >= 11 is 1.41. The molecule has 0 spiro atoms. The van der Waals surface area contributed by atoms with Crippen LogP contribution in [-0.2, 0) is 19.0 Å². The summed E-state index contributed by atoms with van der Waals surface area (Å²) in [5.74, 6) is 1.92. The average molecular weight is 374 g/mol. The van der Waals surface area contributed by atoms with Crippen LogP contribution < -0.4 is 4.74 Å². The van der Waals surface area contributed by atoms with Gasteiger partial charge in [-0.2, -0.15) is 5.10 Å². The van der Waals surface area contributed by atoms with Gasteiger partial charge in [0.25, 0.3) is 0 Å². The minimum atomic E-state index is -0.469.